The van der Waals surface area contributed by atoms with Gasteiger partial charge in [0.2, 0.25) is 0 Å². The Morgan fingerprint density at radius 1 is 1.15 bits per heavy atom. The first-order chi connectivity index (χ1) is 9.52. The van der Waals surface area contributed by atoms with Gasteiger partial charge in [0.25, 0.3) is 0 Å². The molecule has 0 aromatic heterocycles. The van der Waals surface area contributed by atoms with Crippen LogP contribution in [0.25, 0.3) is 0 Å². The monoisotopic (exact) mass is 372 g/mol. The van der Waals surface area contributed by atoms with Crippen molar-refractivity contribution in [2.75, 3.05) is 6.61 Å². The third-order valence-electron chi connectivity index (χ3n) is 2.67. The second kappa shape index (κ2) is 6.61. The summed E-state index contributed by atoms with van der Waals surface area (Å²) in [6, 6.07) is 10.2. The molecule has 5 heteroatoms. The highest BCUT2D eigenvalue weighted by Gasteiger charge is 2.16. The summed E-state index contributed by atoms with van der Waals surface area (Å²) in [5.41, 5.74) is 0.915. The first kappa shape index (κ1) is 15.4. The van der Waals surface area contributed by atoms with Crippen molar-refractivity contribution in [2.45, 2.75) is 6.92 Å². The van der Waals surface area contributed by atoms with Crippen molar-refractivity contribution in [1.29, 1.82) is 0 Å². The fraction of sp³-hybridized carbons (Fsp3) is 0.133. The van der Waals surface area contributed by atoms with Crippen LogP contribution in [-0.2, 0) is 0 Å². The number of benzene rings is 2. The minimum Gasteiger partial charge on any atom is -0.492 e. The van der Waals surface area contributed by atoms with Crippen LogP contribution < -0.4 is 4.74 Å². The van der Waals surface area contributed by atoms with Crippen LogP contribution in [0.1, 0.15) is 22.8 Å². The van der Waals surface area contributed by atoms with Crippen LogP contribution in [0, 0.1) is 0 Å². The molecule has 0 radical (unpaired) electrons. The highest BCUT2D eigenvalue weighted by molar-refractivity contribution is 9.10. The van der Waals surface area contributed by atoms with Crippen LogP contribution in [0.5, 0.6) is 5.75 Å². The lowest BCUT2D eigenvalue weighted by atomic mass is 10.0. The Hall–Kier alpha value is -1.03. The smallest absolute Gasteiger partial charge is 0.194 e. The van der Waals surface area contributed by atoms with Gasteiger partial charge in [0.05, 0.1) is 16.7 Å². The number of hydrogen-bond donors (Lipinski definition) is 0. The van der Waals surface area contributed by atoms with Crippen molar-refractivity contribution in [1.82, 2.24) is 0 Å². The number of ketones is 1. The topological polar surface area (TPSA) is 26.3 Å². The van der Waals surface area contributed by atoms with Crippen molar-refractivity contribution in [3.8, 4) is 5.75 Å². The maximum absolute atomic E-state index is 12.4. The SMILES string of the molecule is CCOc1cc(Cl)c(C(=O)c2ccc(Br)cc2)cc1Cl. The number of carbonyl (C=O) groups is 1. The van der Waals surface area contributed by atoms with E-state index in [9.17, 15) is 4.79 Å². The van der Waals surface area contributed by atoms with Gasteiger partial charge < -0.3 is 4.74 Å². The lowest BCUT2D eigenvalue weighted by Crippen LogP contribution is -2.03. The molecule has 0 fully saturated rings. The van der Waals surface area contributed by atoms with E-state index in [0.717, 1.165) is 4.47 Å². The molecule has 0 heterocycles. The molecular weight excluding hydrogens is 363 g/mol. The van der Waals surface area contributed by atoms with Gasteiger partial charge >= 0.3 is 0 Å². The average Bonchev–Trinajstić information content (AvgIpc) is 2.43. The molecule has 0 atom stereocenters. The molecule has 0 saturated carbocycles. The van der Waals surface area contributed by atoms with Crippen molar-refractivity contribution in [3.05, 3.63) is 62.0 Å². The van der Waals surface area contributed by atoms with E-state index in [-0.39, 0.29) is 5.78 Å². The van der Waals surface area contributed by atoms with Crippen molar-refractivity contribution < 1.29 is 9.53 Å². The number of ether oxygens (including phenoxy) is 1. The largest absolute Gasteiger partial charge is 0.492 e. The third kappa shape index (κ3) is 3.35. The van der Waals surface area contributed by atoms with E-state index in [1.807, 2.05) is 6.92 Å². The molecule has 0 saturated heterocycles. The summed E-state index contributed by atoms with van der Waals surface area (Å²) in [6.07, 6.45) is 0. The highest BCUT2D eigenvalue weighted by atomic mass is 79.9. The van der Waals surface area contributed by atoms with Gasteiger partial charge in [-0.3, -0.25) is 4.79 Å². The zero-order valence-corrected chi connectivity index (χ0v) is 13.7. The molecular formula is C15H11BrCl2O2. The molecule has 0 bridgehead atoms. The van der Waals surface area contributed by atoms with E-state index in [1.165, 1.54) is 0 Å². The van der Waals surface area contributed by atoms with Crippen molar-refractivity contribution in [3.63, 3.8) is 0 Å². The van der Waals surface area contributed by atoms with Crippen LogP contribution >= 0.6 is 39.1 Å². The van der Waals surface area contributed by atoms with Gasteiger partial charge in [-0.25, -0.2) is 0 Å². The first-order valence-electron chi connectivity index (χ1n) is 5.95. The summed E-state index contributed by atoms with van der Waals surface area (Å²) in [5, 5.41) is 0.697. The van der Waals surface area contributed by atoms with E-state index in [4.69, 9.17) is 27.9 Å². The summed E-state index contributed by atoms with van der Waals surface area (Å²) in [6.45, 7) is 2.33. The molecule has 2 rings (SSSR count). The standard InChI is InChI=1S/C15H11BrCl2O2/c1-2-20-14-8-12(17)11(7-13(14)18)15(19)9-3-5-10(16)6-4-9/h3-8H,2H2,1H3. The molecule has 0 N–H and O–H groups in total. The molecule has 2 aromatic carbocycles. The summed E-state index contributed by atoms with van der Waals surface area (Å²) in [4.78, 5) is 12.4. The van der Waals surface area contributed by atoms with Crippen LogP contribution in [-0.4, -0.2) is 12.4 Å². The Morgan fingerprint density at radius 2 is 1.80 bits per heavy atom. The predicted octanol–water partition coefficient (Wildman–Crippen LogP) is 5.39. The second-order valence-corrected chi connectivity index (χ2v) is 5.76. The van der Waals surface area contributed by atoms with Gasteiger partial charge in [-0.15, -0.1) is 0 Å². The van der Waals surface area contributed by atoms with Gasteiger partial charge in [0.15, 0.2) is 5.78 Å². The Bertz CT molecular complexity index is 639. The molecule has 20 heavy (non-hydrogen) atoms. The summed E-state index contributed by atoms with van der Waals surface area (Å²) in [5.74, 6) is 0.305. The molecule has 0 aliphatic carbocycles. The van der Waals surface area contributed by atoms with E-state index in [0.29, 0.717) is 33.5 Å². The van der Waals surface area contributed by atoms with Gasteiger partial charge in [0.1, 0.15) is 5.75 Å². The Labute approximate surface area is 135 Å². The molecule has 2 aromatic rings. The lowest BCUT2D eigenvalue weighted by molar-refractivity contribution is 0.103. The number of carbonyl (C=O) groups excluding carboxylic acids is 1. The zero-order valence-electron chi connectivity index (χ0n) is 10.6. The molecule has 0 spiro atoms. The first-order valence-corrected chi connectivity index (χ1v) is 7.50. The number of rotatable bonds is 4. The molecule has 104 valence electrons. The molecule has 2 nitrogen and oxygen atoms in total. The summed E-state index contributed by atoms with van der Waals surface area (Å²) < 4.78 is 6.25. The predicted molar refractivity (Wildman–Crippen MR) is 85.2 cm³/mol. The Kier molecular flexibility index (Phi) is 5.08. The van der Waals surface area contributed by atoms with Crippen molar-refractivity contribution >= 4 is 44.9 Å². The van der Waals surface area contributed by atoms with Gasteiger partial charge in [-0.05, 0) is 37.3 Å². The van der Waals surface area contributed by atoms with E-state index >= 15 is 0 Å². The molecule has 0 aliphatic rings. The third-order valence-corrected chi connectivity index (χ3v) is 3.81. The summed E-state index contributed by atoms with van der Waals surface area (Å²) in [7, 11) is 0. The second-order valence-electron chi connectivity index (χ2n) is 4.03. The van der Waals surface area contributed by atoms with E-state index < -0.39 is 0 Å². The maximum atomic E-state index is 12.4. The van der Waals surface area contributed by atoms with E-state index in [2.05, 4.69) is 15.9 Å². The zero-order chi connectivity index (χ0) is 14.7. The van der Waals surface area contributed by atoms with Crippen molar-refractivity contribution in [2.24, 2.45) is 0 Å². The Morgan fingerprint density at radius 3 is 2.40 bits per heavy atom. The van der Waals surface area contributed by atoms with Gasteiger partial charge in [-0.2, -0.15) is 0 Å². The highest BCUT2D eigenvalue weighted by Crippen LogP contribution is 2.32. The normalized spacial score (nSPS) is 10.4. The minimum absolute atomic E-state index is 0.174. The number of halogens is 3. The van der Waals surface area contributed by atoms with Crippen LogP contribution in [0.2, 0.25) is 10.0 Å². The number of hydrogen-bond acceptors (Lipinski definition) is 2. The van der Waals surface area contributed by atoms with E-state index in [1.54, 1.807) is 36.4 Å². The lowest BCUT2D eigenvalue weighted by Gasteiger charge is -2.09. The molecule has 0 unspecified atom stereocenters. The molecule has 0 amide bonds. The fourth-order valence-electron chi connectivity index (χ4n) is 1.73. The average molecular weight is 374 g/mol. The minimum atomic E-state index is -0.174. The Balaban J connectivity index is 2.40. The summed E-state index contributed by atoms with van der Waals surface area (Å²) >= 11 is 15.6. The van der Waals surface area contributed by atoms with Crippen LogP contribution in [0.15, 0.2) is 40.9 Å². The molecule has 0 aliphatic heterocycles. The van der Waals surface area contributed by atoms with Crippen LogP contribution in [0.3, 0.4) is 0 Å². The van der Waals surface area contributed by atoms with Crippen LogP contribution in [0.4, 0.5) is 0 Å². The quantitative estimate of drug-likeness (QED) is 0.672. The fourth-order valence-corrected chi connectivity index (χ4v) is 2.45. The maximum Gasteiger partial charge on any atom is 0.194 e. The van der Waals surface area contributed by atoms with Gasteiger partial charge in [-0.1, -0.05) is 39.1 Å². The van der Waals surface area contributed by atoms with Gasteiger partial charge in [0, 0.05) is 21.7 Å².